The number of likely N-dealkylation sites (tertiary alicyclic amines) is 4. The molecule has 132 heavy (non-hydrogen) atoms. The van der Waals surface area contributed by atoms with Crippen LogP contribution in [0.2, 0.25) is 0 Å². The van der Waals surface area contributed by atoms with Crippen molar-refractivity contribution in [2.24, 2.45) is 41.4 Å². The van der Waals surface area contributed by atoms with Crippen LogP contribution in [0.15, 0.2) is 147 Å². The molecule has 9 aliphatic rings. The molecular weight excluding hydrogens is 1680 g/mol. The molecule has 9 fully saturated rings. The first-order chi connectivity index (χ1) is 63.8. The van der Waals surface area contributed by atoms with Crippen LogP contribution in [-0.4, -0.2) is 164 Å². The smallest absolute Gasteiger partial charge is 0.371 e. The summed E-state index contributed by atoms with van der Waals surface area (Å²) in [6.07, 6.45) is 32.3. The van der Waals surface area contributed by atoms with Crippen LogP contribution in [0.4, 0.5) is 8.78 Å². The zero-order chi connectivity index (χ0) is 92.3. The maximum Gasteiger partial charge on any atom is 0.371 e. The fourth-order valence-electron chi connectivity index (χ4n) is 24.6. The number of amides is 4. The number of aliphatic carboxylic acids is 3. The number of ketones is 1. The van der Waals surface area contributed by atoms with Crippen LogP contribution in [0.5, 0.6) is 0 Å². The standard InChI is InChI=1S/C28H36N2O4.2C26H29FN2O4.C26H30N2O4/c1-17(22-16-29-23-8-2-5-19(28(22)23)18-10-11-18)15-26(32)30-14-4-7-20-21(6-3-9-24(20)30)25(31)12-13-27(33)34;2*1-15(13-24(30)29-12-4-7-16-17(26(31)32)5-3-9-21(16)29)19-14-28-20-8-2-6-18(25(19)20)22-10-11-23(27)33-22;1-16(14-24(29)28-13-5-7-17-6-2-3-10-21(17)28)19-15-27-20-9-4-8-18(25(19)20)22-11-12-23(32-22)26(30)31/h2,5,8,16-18,20-21,24,29H,3-4,6-7,9-15H2,1H3,(H,33,34);2*2,6,8,10-11,14-17,21,28H,3-5,7,9,12-13H2,1H3,(H,31,32);4,8-9,11-12,15-17,21,27H,2-3,5-7,10,13-14H2,1H3,(H,30,31)/t;2*15-,16?,17?,21?;/m.10./s1. The second-order valence-electron chi connectivity index (χ2n) is 39.2. The molecule has 4 amide bonds. The van der Waals surface area contributed by atoms with Crippen LogP contribution >= 0.6 is 0 Å². The molecule has 8 N–H and O–H groups in total. The van der Waals surface area contributed by atoms with E-state index in [-0.39, 0.29) is 125 Å². The average Bonchev–Trinajstić information content (AvgIpc) is 1.61. The second-order valence-corrected chi connectivity index (χ2v) is 39.2. The summed E-state index contributed by atoms with van der Waals surface area (Å²) in [5, 5.41) is 41.7. The number of halogens is 2. The van der Waals surface area contributed by atoms with Crippen molar-refractivity contribution < 1.29 is 85.6 Å². The van der Waals surface area contributed by atoms with Gasteiger partial charge < -0.3 is 73.2 Å². The number of rotatable bonds is 23. The van der Waals surface area contributed by atoms with Crippen LogP contribution in [0.25, 0.3) is 77.6 Å². The lowest BCUT2D eigenvalue weighted by molar-refractivity contribution is -0.152. The Labute approximate surface area is 766 Å². The van der Waals surface area contributed by atoms with Gasteiger partial charge in [-0.15, -0.1) is 0 Å². The Morgan fingerprint density at radius 1 is 0.364 bits per heavy atom. The molecule has 13 unspecified atom stereocenters. The molecule has 7 aromatic heterocycles. The molecule has 0 spiro atoms. The molecule has 11 aromatic rings. The van der Waals surface area contributed by atoms with Crippen molar-refractivity contribution in [3.05, 3.63) is 180 Å². The maximum atomic E-state index is 13.6. The van der Waals surface area contributed by atoms with Gasteiger partial charge in [0.1, 0.15) is 23.1 Å². The number of hydrogen-bond acceptors (Lipinski definition) is 12. The Morgan fingerprint density at radius 3 is 1.10 bits per heavy atom. The lowest BCUT2D eigenvalue weighted by Crippen LogP contribution is -2.53. The number of furan rings is 3. The van der Waals surface area contributed by atoms with Gasteiger partial charge in [-0.1, -0.05) is 108 Å². The highest BCUT2D eigenvalue weighted by atomic mass is 19.1. The van der Waals surface area contributed by atoms with E-state index in [1.165, 1.54) is 73.2 Å². The van der Waals surface area contributed by atoms with Gasteiger partial charge in [-0.25, -0.2) is 4.79 Å². The fraction of sp³-hybridized carbons (Fsp3) is 0.500. The van der Waals surface area contributed by atoms with E-state index in [1.54, 1.807) is 18.2 Å². The third-order valence-electron chi connectivity index (χ3n) is 31.0. The molecule has 4 saturated heterocycles. The lowest BCUT2D eigenvalue weighted by Gasteiger charge is -2.47. The number of hydrogen-bond donors (Lipinski definition) is 8. The molecule has 698 valence electrons. The molecule has 4 aromatic carbocycles. The van der Waals surface area contributed by atoms with Crippen molar-refractivity contribution in [1.82, 2.24) is 39.5 Å². The van der Waals surface area contributed by atoms with Crippen molar-refractivity contribution in [1.29, 1.82) is 0 Å². The molecular formula is C106H124F2N8O16. The Morgan fingerprint density at radius 2 is 0.712 bits per heavy atom. The van der Waals surface area contributed by atoms with Gasteiger partial charge in [0.2, 0.25) is 29.4 Å². The molecule has 26 heteroatoms. The van der Waals surface area contributed by atoms with Gasteiger partial charge in [-0.3, -0.25) is 38.4 Å². The van der Waals surface area contributed by atoms with Gasteiger partial charge >= 0.3 is 23.9 Å². The number of aromatic nitrogens is 4. The predicted molar refractivity (Wildman–Crippen MR) is 498 cm³/mol. The number of fused-ring (bicyclic) bond motifs is 8. The number of carboxylic acids is 4. The van der Waals surface area contributed by atoms with Gasteiger partial charge in [0.25, 0.3) is 12.0 Å². The summed E-state index contributed by atoms with van der Waals surface area (Å²) in [6.45, 7) is 11.4. The number of carboxylic acid groups (broad SMARTS) is 4. The number of nitrogens with zero attached hydrogens (tertiary/aromatic N) is 4. The van der Waals surface area contributed by atoms with Crippen molar-refractivity contribution in [3.8, 4) is 34.0 Å². The number of carbonyl (C=O) groups excluding carboxylic acids is 5. The number of Topliss-reactive ketones (excluding diaryl/α,β-unsaturated/α-hetero) is 1. The molecule has 11 heterocycles. The highest BCUT2D eigenvalue weighted by Gasteiger charge is 2.48. The molecule has 15 atom stereocenters. The zero-order valence-electron chi connectivity index (χ0n) is 76.0. The van der Waals surface area contributed by atoms with Crippen LogP contribution in [0.3, 0.4) is 0 Å². The van der Waals surface area contributed by atoms with Gasteiger partial charge in [-0.05, 0) is 245 Å². The minimum absolute atomic E-state index is 0.0259. The quantitative estimate of drug-likeness (QED) is 0.0295. The molecule has 0 bridgehead atoms. The summed E-state index contributed by atoms with van der Waals surface area (Å²) >= 11 is 0. The van der Waals surface area contributed by atoms with Crippen molar-refractivity contribution in [2.75, 3.05) is 26.2 Å². The summed E-state index contributed by atoms with van der Waals surface area (Å²) < 4.78 is 43.1. The average molecular weight is 1800 g/mol. The molecule has 5 saturated carbocycles. The fourth-order valence-corrected chi connectivity index (χ4v) is 24.6. The van der Waals surface area contributed by atoms with Crippen molar-refractivity contribution in [3.63, 3.8) is 0 Å². The number of aromatic carboxylic acids is 1. The monoisotopic (exact) mass is 1800 g/mol. The lowest BCUT2D eigenvalue weighted by atomic mass is 9.69. The van der Waals surface area contributed by atoms with Gasteiger partial charge in [0, 0.05) is 186 Å². The molecule has 5 aliphatic carbocycles. The zero-order valence-corrected chi connectivity index (χ0v) is 76.0. The third-order valence-corrected chi connectivity index (χ3v) is 31.0. The number of nitrogens with one attached hydrogen (secondary N) is 4. The van der Waals surface area contributed by atoms with Crippen LogP contribution in [0, 0.1) is 53.5 Å². The Bertz CT molecular complexity index is 5850. The highest BCUT2D eigenvalue weighted by molar-refractivity contribution is 6.00. The van der Waals surface area contributed by atoms with E-state index in [4.69, 9.17) is 18.4 Å². The van der Waals surface area contributed by atoms with E-state index in [1.807, 2.05) is 96.8 Å². The molecule has 0 radical (unpaired) electrons. The van der Waals surface area contributed by atoms with Crippen molar-refractivity contribution in [2.45, 2.75) is 268 Å². The molecule has 4 aliphatic heterocycles. The first-order valence-corrected chi connectivity index (χ1v) is 48.5. The number of aromatic amines is 4. The number of benzene rings is 4. The Hall–Kier alpha value is -11.8. The normalized spacial score (nSPS) is 23.9. The van der Waals surface area contributed by atoms with E-state index in [2.05, 4.69) is 68.0 Å². The largest absolute Gasteiger partial charge is 0.481 e. The van der Waals surface area contributed by atoms with Crippen LogP contribution in [-0.2, 0) is 38.4 Å². The number of carbonyl (C=O) groups is 9. The first kappa shape index (κ1) is 92.0. The van der Waals surface area contributed by atoms with E-state index >= 15 is 0 Å². The summed E-state index contributed by atoms with van der Waals surface area (Å²) in [5.41, 5.74) is 12.1. The van der Waals surface area contributed by atoms with Crippen LogP contribution < -0.4 is 0 Å². The van der Waals surface area contributed by atoms with E-state index in [0.717, 1.165) is 181 Å². The topological polar surface area (TPSA) is 350 Å². The summed E-state index contributed by atoms with van der Waals surface area (Å²) in [6, 6.07) is 32.2. The number of piperidine rings is 4. The SMILES string of the molecule is CC(CC(=O)N1CCCC2C(C(=O)CCC(=O)O)CCCC21)c1c[nH]c2cccc(C3CC3)c12.CC(CC(=O)N1CCCC2CCCCC21)c1c[nH]c2cccc(-c3ccc(C(=O)O)o3)c12.C[C@@H](CC(=O)N1CCCC2C(C(=O)O)CCCC21)c1c[nH]c2cccc(-c3ccc(F)o3)c12.C[C@H](CC(=O)N1CCCC2C(C(=O)O)CCCC21)c1c[nH]c2cccc(-c3ccc(F)o3)c12. The predicted octanol–water partition coefficient (Wildman–Crippen LogP) is 22.3. The van der Waals surface area contributed by atoms with E-state index in [9.17, 15) is 67.3 Å². The molecule has 20 rings (SSSR count). The summed E-state index contributed by atoms with van der Waals surface area (Å²) in [5.74, 6) is -0.549. The highest BCUT2D eigenvalue weighted by Crippen LogP contribution is 2.50. The number of H-pyrrole nitrogens is 4. The Kier molecular flexibility index (Phi) is 28.1. The summed E-state index contributed by atoms with van der Waals surface area (Å²) in [7, 11) is 0. The summed E-state index contributed by atoms with van der Waals surface area (Å²) in [4.78, 5) is 134. The first-order valence-electron chi connectivity index (χ1n) is 48.5. The minimum Gasteiger partial charge on any atom is -0.481 e. The van der Waals surface area contributed by atoms with Gasteiger partial charge in [0.05, 0.1) is 18.3 Å². The van der Waals surface area contributed by atoms with Crippen molar-refractivity contribution >= 4 is 96.9 Å². The van der Waals surface area contributed by atoms with E-state index < -0.39 is 35.9 Å². The minimum atomic E-state index is -1.08. The van der Waals surface area contributed by atoms with Crippen LogP contribution in [0.1, 0.15) is 282 Å². The van der Waals surface area contributed by atoms with Gasteiger partial charge in [0.15, 0.2) is 0 Å². The second kappa shape index (κ2) is 40.3. The molecule has 24 nitrogen and oxygen atoms in total. The third kappa shape index (κ3) is 19.5. The van der Waals surface area contributed by atoms with Gasteiger partial charge in [-0.2, -0.15) is 8.78 Å². The Balaban J connectivity index is 0.000000123. The maximum absolute atomic E-state index is 13.6. The van der Waals surface area contributed by atoms with E-state index in [0.29, 0.717) is 86.8 Å².